The Kier molecular flexibility index (Phi) is 5.76. The second kappa shape index (κ2) is 7.79. The Morgan fingerprint density at radius 3 is 2.67 bits per heavy atom. The van der Waals surface area contributed by atoms with Crippen molar-refractivity contribution < 1.29 is 9.72 Å². The van der Waals surface area contributed by atoms with Crippen LogP contribution in [0.25, 0.3) is 0 Å². The first-order valence-corrected chi connectivity index (χ1v) is 7.79. The number of amides is 1. The van der Waals surface area contributed by atoms with E-state index in [-0.39, 0.29) is 11.6 Å². The molecule has 0 radical (unpaired) electrons. The average molecular weight is 348 g/mol. The number of benzene rings is 2. The van der Waals surface area contributed by atoms with Gasteiger partial charge in [0.05, 0.1) is 15.6 Å². The van der Waals surface area contributed by atoms with Gasteiger partial charge in [0.1, 0.15) is 0 Å². The van der Waals surface area contributed by atoms with Gasteiger partial charge in [-0.2, -0.15) is 0 Å². The van der Waals surface area contributed by atoms with Crippen LogP contribution in [0, 0.1) is 17.0 Å². The fourth-order valence-electron chi connectivity index (χ4n) is 2.40. The molecule has 2 N–H and O–H groups in total. The van der Waals surface area contributed by atoms with Gasteiger partial charge < -0.3 is 10.6 Å². The molecule has 0 spiro atoms. The molecule has 7 heteroatoms. The van der Waals surface area contributed by atoms with Crippen molar-refractivity contribution in [2.75, 3.05) is 18.9 Å². The first-order valence-electron chi connectivity index (χ1n) is 7.42. The van der Waals surface area contributed by atoms with Crippen LogP contribution in [0.4, 0.5) is 11.4 Å². The topological polar surface area (TPSA) is 84.3 Å². The third-order valence-corrected chi connectivity index (χ3v) is 3.91. The Morgan fingerprint density at radius 1 is 1.29 bits per heavy atom. The lowest BCUT2D eigenvalue weighted by molar-refractivity contribution is -0.384. The molecule has 0 saturated carbocycles. The molecule has 0 bridgehead atoms. The molecule has 2 rings (SSSR count). The van der Waals surface area contributed by atoms with Crippen molar-refractivity contribution in [3.8, 4) is 0 Å². The van der Waals surface area contributed by atoms with Gasteiger partial charge in [-0.3, -0.25) is 14.9 Å². The number of nitrogens with zero attached hydrogens (tertiary/aromatic N) is 1. The number of nitro groups is 1. The van der Waals surface area contributed by atoms with Crippen molar-refractivity contribution in [2.24, 2.45) is 0 Å². The largest absolute Gasteiger partial charge is 0.383 e. The number of rotatable bonds is 6. The molecule has 6 nitrogen and oxygen atoms in total. The van der Waals surface area contributed by atoms with E-state index in [9.17, 15) is 14.9 Å². The Hall–Kier alpha value is -2.60. The van der Waals surface area contributed by atoms with Crippen LogP contribution in [0.1, 0.15) is 21.5 Å². The first-order chi connectivity index (χ1) is 11.4. The van der Waals surface area contributed by atoms with Crippen molar-refractivity contribution >= 4 is 28.9 Å². The Morgan fingerprint density at radius 2 is 2.04 bits per heavy atom. The molecule has 0 fully saturated rings. The first kappa shape index (κ1) is 17.7. The molecule has 0 saturated heterocycles. The highest BCUT2D eigenvalue weighted by Crippen LogP contribution is 2.30. The van der Waals surface area contributed by atoms with Crippen LogP contribution in [0.2, 0.25) is 5.02 Å². The minimum Gasteiger partial charge on any atom is -0.383 e. The Bertz CT molecular complexity index is 754. The van der Waals surface area contributed by atoms with Gasteiger partial charge in [-0.1, -0.05) is 23.7 Å². The third-order valence-electron chi connectivity index (χ3n) is 3.61. The molecule has 0 atom stereocenters. The molecule has 2 aromatic rings. The highest BCUT2D eigenvalue weighted by molar-refractivity contribution is 6.33. The van der Waals surface area contributed by atoms with E-state index in [1.165, 1.54) is 12.1 Å². The Balaban J connectivity index is 2.05. The fourth-order valence-corrected chi connectivity index (χ4v) is 2.73. The number of aryl methyl sites for hydroxylation is 1. The summed E-state index contributed by atoms with van der Waals surface area (Å²) in [6, 6.07) is 10.2. The molecule has 0 aromatic heterocycles. The third kappa shape index (κ3) is 4.23. The summed E-state index contributed by atoms with van der Waals surface area (Å²) in [4.78, 5) is 22.0. The molecule has 0 aliphatic carbocycles. The van der Waals surface area contributed by atoms with Crippen molar-refractivity contribution in [1.29, 1.82) is 0 Å². The zero-order valence-electron chi connectivity index (χ0n) is 13.4. The number of non-ortho nitro benzene ring substituents is 1. The van der Waals surface area contributed by atoms with Gasteiger partial charge in [-0.15, -0.1) is 0 Å². The van der Waals surface area contributed by atoms with E-state index in [4.69, 9.17) is 11.6 Å². The quantitative estimate of drug-likeness (QED) is 0.618. The van der Waals surface area contributed by atoms with E-state index in [0.717, 1.165) is 5.56 Å². The van der Waals surface area contributed by atoms with Gasteiger partial charge in [0.15, 0.2) is 0 Å². The van der Waals surface area contributed by atoms with Crippen LogP contribution in [0.3, 0.4) is 0 Å². The number of hydrogen-bond donors (Lipinski definition) is 2. The summed E-state index contributed by atoms with van der Waals surface area (Å²) >= 11 is 6.13. The molecule has 1 amide bonds. The lowest BCUT2D eigenvalue weighted by atomic mass is 10.1. The SMILES string of the molecule is CNC(=O)c1cccc(CCNc2c(C)cc([N+](=O)[O-])cc2Cl)c1. The maximum atomic E-state index is 11.6. The van der Waals surface area contributed by atoms with Crippen LogP contribution >= 0.6 is 11.6 Å². The fraction of sp³-hybridized carbons (Fsp3) is 0.235. The highest BCUT2D eigenvalue weighted by atomic mass is 35.5. The maximum Gasteiger partial charge on any atom is 0.271 e. The molecule has 0 aliphatic rings. The molecule has 0 unspecified atom stereocenters. The van der Waals surface area contributed by atoms with Crippen molar-refractivity contribution in [3.63, 3.8) is 0 Å². The van der Waals surface area contributed by atoms with Crippen LogP contribution in [-0.2, 0) is 6.42 Å². The number of nitrogens with one attached hydrogen (secondary N) is 2. The monoisotopic (exact) mass is 347 g/mol. The second-order valence-electron chi connectivity index (χ2n) is 5.33. The molecular weight excluding hydrogens is 330 g/mol. The van der Waals surface area contributed by atoms with Crippen molar-refractivity contribution in [2.45, 2.75) is 13.3 Å². The predicted octanol–water partition coefficient (Wildman–Crippen LogP) is 3.57. The normalized spacial score (nSPS) is 10.3. The molecular formula is C17H18ClN3O3. The lowest BCUT2D eigenvalue weighted by Crippen LogP contribution is -2.18. The standard InChI is InChI=1S/C17H18ClN3O3/c1-11-8-14(21(23)24)10-15(18)16(11)20-7-6-12-4-3-5-13(9-12)17(22)19-2/h3-5,8-10,20H,6-7H2,1-2H3,(H,19,22). The summed E-state index contributed by atoms with van der Waals surface area (Å²) in [5.74, 6) is -0.126. The Labute approximate surface area is 145 Å². The number of carbonyl (C=O) groups is 1. The second-order valence-corrected chi connectivity index (χ2v) is 5.74. The summed E-state index contributed by atoms with van der Waals surface area (Å²) in [6.07, 6.45) is 0.692. The van der Waals surface area contributed by atoms with Gasteiger partial charge in [0.2, 0.25) is 0 Å². The van der Waals surface area contributed by atoms with Crippen LogP contribution < -0.4 is 10.6 Å². The lowest BCUT2D eigenvalue weighted by Gasteiger charge is -2.12. The zero-order valence-corrected chi connectivity index (χ0v) is 14.2. The van der Waals surface area contributed by atoms with Crippen LogP contribution in [0.15, 0.2) is 36.4 Å². The van der Waals surface area contributed by atoms with Gasteiger partial charge in [0.25, 0.3) is 11.6 Å². The summed E-state index contributed by atoms with van der Waals surface area (Å²) in [5.41, 5.74) is 3.00. The molecule has 126 valence electrons. The molecule has 0 heterocycles. The van der Waals surface area contributed by atoms with Gasteiger partial charge in [-0.25, -0.2) is 0 Å². The zero-order chi connectivity index (χ0) is 17.7. The molecule has 0 aliphatic heterocycles. The predicted molar refractivity (Wildman–Crippen MR) is 94.9 cm³/mol. The molecule has 2 aromatic carbocycles. The summed E-state index contributed by atoms with van der Waals surface area (Å²) in [6.45, 7) is 2.36. The van der Waals surface area contributed by atoms with Crippen molar-refractivity contribution in [3.05, 3.63) is 68.2 Å². The van der Waals surface area contributed by atoms with E-state index in [0.29, 0.717) is 34.8 Å². The van der Waals surface area contributed by atoms with E-state index in [2.05, 4.69) is 10.6 Å². The summed E-state index contributed by atoms with van der Waals surface area (Å²) in [5, 5.41) is 16.9. The number of hydrogen-bond acceptors (Lipinski definition) is 4. The number of halogens is 1. The number of carbonyl (C=O) groups excluding carboxylic acids is 1. The maximum absolute atomic E-state index is 11.6. The van der Waals surface area contributed by atoms with E-state index >= 15 is 0 Å². The van der Waals surface area contributed by atoms with Gasteiger partial charge in [0, 0.05) is 31.3 Å². The van der Waals surface area contributed by atoms with Gasteiger partial charge in [-0.05, 0) is 36.6 Å². The highest BCUT2D eigenvalue weighted by Gasteiger charge is 2.13. The van der Waals surface area contributed by atoms with Crippen LogP contribution in [0.5, 0.6) is 0 Å². The van der Waals surface area contributed by atoms with Crippen molar-refractivity contribution in [1.82, 2.24) is 5.32 Å². The minimum atomic E-state index is -0.465. The summed E-state index contributed by atoms with van der Waals surface area (Å²) in [7, 11) is 1.59. The number of nitro benzene ring substituents is 1. The van der Waals surface area contributed by atoms with Gasteiger partial charge >= 0.3 is 0 Å². The van der Waals surface area contributed by atoms with E-state index in [1.54, 1.807) is 20.0 Å². The molecule has 24 heavy (non-hydrogen) atoms. The van der Waals surface area contributed by atoms with Crippen LogP contribution in [-0.4, -0.2) is 24.4 Å². The summed E-state index contributed by atoms with van der Waals surface area (Å²) < 4.78 is 0. The average Bonchev–Trinajstić information content (AvgIpc) is 2.56. The van der Waals surface area contributed by atoms with E-state index in [1.807, 2.05) is 18.2 Å². The number of anilines is 1. The smallest absolute Gasteiger partial charge is 0.271 e. The minimum absolute atomic E-state index is 0.0265. The van der Waals surface area contributed by atoms with E-state index < -0.39 is 4.92 Å².